The van der Waals surface area contributed by atoms with E-state index in [1.807, 2.05) is 55.4 Å². The molecule has 0 aliphatic heterocycles. The Morgan fingerprint density at radius 2 is 1.81 bits per heavy atom. The number of rotatable bonds is 6. The van der Waals surface area contributed by atoms with Crippen LogP contribution in [0.5, 0.6) is 0 Å². The molecular weight excluding hydrogens is 362 g/mol. The largest absolute Gasteiger partial charge is 0.324 e. The van der Waals surface area contributed by atoms with E-state index in [1.165, 1.54) is 0 Å². The Bertz CT molecular complexity index is 999. The Morgan fingerprint density at radius 3 is 2.52 bits per heavy atom. The summed E-state index contributed by atoms with van der Waals surface area (Å²) in [4.78, 5) is 27.3. The molecule has 3 rings (SSSR count). The SMILES string of the molecule is CN(C)CCn1ccc2c(NC(=O)C(Cl)c3ccccc3)cccc2c1=O. The van der Waals surface area contributed by atoms with Gasteiger partial charge in [-0.05, 0) is 37.9 Å². The molecule has 2 aromatic carbocycles. The van der Waals surface area contributed by atoms with E-state index in [-0.39, 0.29) is 11.5 Å². The fraction of sp³-hybridized carbons (Fsp3) is 0.238. The van der Waals surface area contributed by atoms with E-state index in [2.05, 4.69) is 5.32 Å². The van der Waals surface area contributed by atoms with Crippen molar-refractivity contribution in [2.24, 2.45) is 0 Å². The molecule has 5 nitrogen and oxygen atoms in total. The van der Waals surface area contributed by atoms with Crippen molar-refractivity contribution in [3.63, 3.8) is 0 Å². The summed E-state index contributed by atoms with van der Waals surface area (Å²) in [5.41, 5.74) is 1.23. The highest BCUT2D eigenvalue weighted by Gasteiger charge is 2.18. The molecule has 1 aromatic heterocycles. The van der Waals surface area contributed by atoms with Crippen molar-refractivity contribution in [2.75, 3.05) is 26.0 Å². The summed E-state index contributed by atoms with van der Waals surface area (Å²) < 4.78 is 1.68. The van der Waals surface area contributed by atoms with Crippen LogP contribution in [0, 0.1) is 0 Å². The second kappa shape index (κ2) is 8.37. The Balaban J connectivity index is 1.88. The molecule has 0 saturated heterocycles. The summed E-state index contributed by atoms with van der Waals surface area (Å²) in [6.45, 7) is 1.38. The van der Waals surface area contributed by atoms with Crippen LogP contribution in [0.15, 0.2) is 65.6 Å². The molecule has 0 spiro atoms. The maximum Gasteiger partial charge on any atom is 0.258 e. The zero-order chi connectivity index (χ0) is 19.4. The number of nitrogens with one attached hydrogen (secondary N) is 1. The van der Waals surface area contributed by atoms with Crippen molar-refractivity contribution in [3.05, 3.63) is 76.7 Å². The molecule has 140 valence electrons. The predicted octanol–water partition coefficient (Wildman–Crippen LogP) is 3.48. The summed E-state index contributed by atoms with van der Waals surface area (Å²) >= 11 is 6.30. The number of alkyl halides is 1. The molecule has 6 heteroatoms. The van der Waals surface area contributed by atoms with Crippen molar-refractivity contribution in [2.45, 2.75) is 11.9 Å². The lowest BCUT2D eigenvalue weighted by Crippen LogP contribution is -2.26. The minimum atomic E-state index is -0.804. The van der Waals surface area contributed by atoms with Crippen molar-refractivity contribution >= 4 is 34.0 Å². The molecule has 1 heterocycles. The second-order valence-corrected chi connectivity index (χ2v) is 7.08. The highest BCUT2D eigenvalue weighted by atomic mass is 35.5. The Hall–Kier alpha value is -2.63. The van der Waals surface area contributed by atoms with Gasteiger partial charge in [0.05, 0.1) is 0 Å². The van der Waals surface area contributed by atoms with Gasteiger partial charge in [0.2, 0.25) is 5.91 Å². The molecule has 1 atom stereocenters. The van der Waals surface area contributed by atoms with Gasteiger partial charge in [0.1, 0.15) is 5.38 Å². The fourth-order valence-corrected chi connectivity index (χ4v) is 3.08. The summed E-state index contributed by atoms with van der Waals surface area (Å²) in [5, 5.41) is 3.32. The van der Waals surface area contributed by atoms with E-state index in [9.17, 15) is 9.59 Å². The molecule has 0 fully saturated rings. The van der Waals surface area contributed by atoms with Crippen LogP contribution in [-0.2, 0) is 11.3 Å². The molecule has 1 N–H and O–H groups in total. The van der Waals surface area contributed by atoms with Gasteiger partial charge in [-0.1, -0.05) is 36.4 Å². The summed E-state index contributed by atoms with van der Waals surface area (Å²) in [6.07, 6.45) is 1.76. The third-order valence-electron chi connectivity index (χ3n) is 4.39. The third kappa shape index (κ3) is 4.38. The minimum Gasteiger partial charge on any atom is -0.324 e. The number of halogens is 1. The number of hydrogen-bond acceptors (Lipinski definition) is 3. The monoisotopic (exact) mass is 383 g/mol. The van der Waals surface area contributed by atoms with Crippen LogP contribution in [-0.4, -0.2) is 36.0 Å². The molecule has 0 bridgehead atoms. The minimum absolute atomic E-state index is 0.0732. The quantitative estimate of drug-likeness (QED) is 0.663. The molecule has 1 amide bonds. The molecule has 0 saturated carbocycles. The first-order valence-corrected chi connectivity index (χ1v) is 9.18. The van der Waals surface area contributed by atoms with Gasteiger partial charge in [0.25, 0.3) is 5.56 Å². The topological polar surface area (TPSA) is 54.3 Å². The average molecular weight is 384 g/mol. The first-order valence-electron chi connectivity index (χ1n) is 8.74. The van der Waals surface area contributed by atoms with Crippen molar-refractivity contribution in [1.29, 1.82) is 0 Å². The molecule has 27 heavy (non-hydrogen) atoms. The Labute approximate surface area is 163 Å². The standard InChI is InChI=1S/C21H22ClN3O2/c1-24(2)13-14-25-12-11-16-17(21(25)27)9-6-10-18(16)23-20(26)19(22)15-7-4-3-5-8-15/h3-12,19H,13-14H2,1-2H3,(H,23,26). The zero-order valence-corrected chi connectivity index (χ0v) is 16.1. The van der Waals surface area contributed by atoms with Gasteiger partial charge >= 0.3 is 0 Å². The highest BCUT2D eigenvalue weighted by molar-refractivity contribution is 6.32. The molecule has 0 aliphatic carbocycles. The maximum atomic E-state index is 12.7. The van der Waals surface area contributed by atoms with Gasteiger partial charge in [-0.15, -0.1) is 11.6 Å². The Kier molecular flexibility index (Phi) is 5.94. The fourth-order valence-electron chi connectivity index (χ4n) is 2.88. The number of fused-ring (bicyclic) bond motifs is 1. The third-order valence-corrected chi connectivity index (χ3v) is 4.84. The number of aromatic nitrogens is 1. The van der Waals surface area contributed by atoms with Crippen LogP contribution < -0.4 is 10.9 Å². The molecule has 0 radical (unpaired) electrons. The number of anilines is 1. The normalized spacial score (nSPS) is 12.3. The van der Waals surface area contributed by atoms with E-state index >= 15 is 0 Å². The van der Waals surface area contributed by atoms with E-state index in [4.69, 9.17) is 11.6 Å². The van der Waals surface area contributed by atoms with Gasteiger partial charge < -0.3 is 14.8 Å². The number of amides is 1. The number of likely N-dealkylation sites (N-methyl/N-ethyl adjacent to an activating group) is 1. The van der Waals surface area contributed by atoms with Gasteiger partial charge in [-0.2, -0.15) is 0 Å². The van der Waals surface area contributed by atoms with Gasteiger partial charge in [-0.3, -0.25) is 9.59 Å². The number of carbonyl (C=O) groups excluding carboxylic acids is 1. The Morgan fingerprint density at radius 1 is 1.07 bits per heavy atom. The van der Waals surface area contributed by atoms with Crippen molar-refractivity contribution in [3.8, 4) is 0 Å². The number of pyridine rings is 1. The van der Waals surface area contributed by atoms with E-state index < -0.39 is 5.38 Å². The van der Waals surface area contributed by atoms with Crippen LogP contribution in [0.1, 0.15) is 10.9 Å². The number of nitrogens with zero attached hydrogens (tertiary/aromatic N) is 2. The van der Waals surface area contributed by atoms with E-state index in [0.29, 0.717) is 23.0 Å². The van der Waals surface area contributed by atoms with Crippen LogP contribution in [0.25, 0.3) is 10.8 Å². The molecule has 1 unspecified atom stereocenters. The first kappa shape index (κ1) is 19.1. The van der Waals surface area contributed by atoms with Crippen LogP contribution >= 0.6 is 11.6 Å². The lowest BCUT2D eigenvalue weighted by molar-refractivity contribution is -0.116. The molecule has 3 aromatic rings. The maximum absolute atomic E-state index is 12.7. The highest BCUT2D eigenvalue weighted by Crippen LogP contribution is 2.25. The molecular formula is C21H22ClN3O2. The first-order chi connectivity index (χ1) is 13.0. The van der Waals surface area contributed by atoms with Crippen molar-refractivity contribution in [1.82, 2.24) is 9.47 Å². The lowest BCUT2D eigenvalue weighted by atomic mass is 10.1. The molecule has 0 aliphatic rings. The average Bonchev–Trinajstić information content (AvgIpc) is 2.68. The predicted molar refractivity (Wildman–Crippen MR) is 110 cm³/mol. The number of benzene rings is 2. The van der Waals surface area contributed by atoms with Gasteiger partial charge in [-0.25, -0.2) is 0 Å². The van der Waals surface area contributed by atoms with Crippen LogP contribution in [0.2, 0.25) is 0 Å². The lowest BCUT2D eigenvalue weighted by Gasteiger charge is -2.14. The zero-order valence-electron chi connectivity index (χ0n) is 15.4. The van der Waals surface area contributed by atoms with Gasteiger partial charge in [0, 0.05) is 35.7 Å². The number of carbonyl (C=O) groups is 1. The van der Waals surface area contributed by atoms with Gasteiger partial charge in [0.15, 0.2) is 0 Å². The second-order valence-electron chi connectivity index (χ2n) is 6.65. The summed E-state index contributed by atoms with van der Waals surface area (Å²) in [6, 6.07) is 16.3. The van der Waals surface area contributed by atoms with Crippen LogP contribution in [0.4, 0.5) is 5.69 Å². The summed E-state index contributed by atoms with van der Waals surface area (Å²) in [7, 11) is 3.93. The van der Waals surface area contributed by atoms with E-state index in [0.717, 1.165) is 12.1 Å². The smallest absolute Gasteiger partial charge is 0.258 e. The van der Waals surface area contributed by atoms with Crippen molar-refractivity contribution < 1.29 is 4.79 Å². The van der Waals surface area contributed by atoms with E-state index in [1.54, 1.807) is 29.0 Å². The summed E-state index contributed by atoms with van der Waals surface area (Å²) in [5.74, 6) is -0.327. The number of hydrogen-bond donors (Lipinski definition) is 1. The van der Waals surface area contributed by atoms with Crippen LogP contribution in [0.3, 0.4) is 0 Å².